The topological polar surface area (TPSA) is 30.0 Å². The zero-order chi connectivity index (χ0) is 14.7. The summed E-state index contributed by atoms with van der Waals surface area (Å²) in [6.07, 6.45) is 0.363. The van der Waals surface area contributed by atoms with Crippen LogP contribution in [0.5, 0.6) is 0 Å². The molecule has 21 heavy (non-hydrogen) atoms. The lowest BCUT2D eigenvalue weighted by Gasteiger charge is -2.02. The summed E-state index contributed by atoms with van der Waals surface area (Å²) in [5.74, 6) is 0.127. The van der Waals surface area contributed by atoms with Crippen molar-refractivity contribution in [3.05, 3.63) is 76.1 Å². The molecule has 2 aromatic carbocycles. The van der Waals surface area contributed by atoms with Gasteiger partial charge in [-0.15, -0.1) is 11.3 Å². The smallest absolute Gasteiger partial charge is 0.169 e. The van der Waals surface area contributed by atoms with Gasteiger partial charge < -0.3 is 0 Å². The summed E-state index contributed by atoms with van der Waals surface area (Å²) in [6, 6.07) is 17.7. The molecule has 3 rings (SSSR count). The van der Waals surface area contributed by atoms with E-state index in [1.807, 2.05) is 66.9 Å². The third-order valence-electron chi connectivity index (χ3n) is 3.38. The maximum atomic E-state index is 12.3. The predicted octanol–water partition coefficient (Wildman–Crippen LogP) is 4.54. The molecule has 0 N–H and O–H groups in total. The molecule has 3 heteroatoms. The number of ketones is 1. The van der Waals surface area contributed by atoms with Crippen LogP contribution < -0.4 is 0 Å². The largest absolute Gasteiger partial charge is 0.294 e. The number of carbonyl (C=O) groups excluding carboxylic acids is 1. The SMILES string of the molecule is Cc1ccccc1C(=O)Cc1nc(-c2ccccc2)cs1. The predicted molar refractivity (Wildman–Crippen MR) is 86.8 cm³/mol. The van der Waals surface area contributed by atoms with Crippen molar-refractivity contribution < 1.29 is 4.79 Å². The Morgan fingerprint density at radius 1 is 1.05 bits per heavy atom. The van der Waals surface area contributed by atoms with Crippen LogP contribution >= 0.6 is 11.3 Å². The maximum Gasteiger partial charge on any atom is 0.169 e. The van der Waals surface area contributed by atoms with Crippen LogP contribution in [0, 0.1) is 6.92 Å². The van der Waals surface area contributed by atoms with Gasteiger partial charge in [0.1, 0.15) is 5.01 Å². The van der Waals surface area contributed by atoms with E-state index in [4.69, 9.17) is 0 Å². The van der Waals surface area contributed by atoms with E-state index < -0.39 is 0 Å². The minimum absolute atomic E-state index is 0.127. The van der Waals surface area contributed by atoms with Crippen molar-refractivity contribution in [2.75, 3.05) is 0 Å². The third-order valence-corrected chi connectivity index (χ3v) is 4.23. The van der Waals surface area contributed by atoms with E-state index in [0.717, 1.165) is 27.4 Å². The Labute approximate surface area is 128 Å². The van der Waals surface area contributed by atoms with Crippen LogP contribution in [-0.2, 0) is 6.42 Å². The molecule has 0 saturated carbocycles. The van der Waals surface area contributed by atoms with Crippen LogP contribution in [0.2, 0.25) is 0 Å². The second-order valence-electron chi connectivity index (χ2n) is 4.91. The minimum atomic E-state index is 0.127. The van der Waals surface area contributed by atoms with Crippen molar-refractivity contribution in [3.63, 3.8) is 0 Å². The molecular weight excluding hydrogens is 278 g/mol. The zero-order valence-electron chi connectivity index (χ0n) is 11.7. The van der Waals surface area contributed by atoms with Gasteiger partial charge in [-0.1, -0.05) is 54.6 Å². The summed E-state index contributed by atoms with van der Waals surface area (Å²) in [6.45, 7) is 1.96. The van der Waals surface area contributed by atoms with Crippen molar-refractivity contribution in [1.82, 2.24) is 4.98 Å². The Morgan fingerprint density at radius 3 is 2.52 bits per heavy atom. The van der Waals surface area contributed by atoms with E-state index in [9.17, 15) is 4.79 Å². The van der Waals surface area contributed by atoms with Gasteiger partial charge in [0.2, 0.25) is 0 Å². The van der Waals surface area contributed by atoms with Crippen LogP contribution in [-0.4, -0.2) is 10.8 Å². The van der Waals surface area contributed by atoms with E-state index in [1.165, 1.54) is 0 Å². The lowest BCUT2D eigenvalue weighted by Crippen LogP contribution is -2.05. The number of rotatable bonds is 4. The van der Waals surface area contributed by atoms with Crippen LogP contribution in [0.15, 0.2) is 60.0 Å². The summed E-state index contributed by atoms with van der Waals surface area (Å²) in [5.41, 5.74) is 3.83. The van der Waals surface area contributed by atoms with Crippen molar-refractivity contribution in [3.8, 4) is 11.3 Å². The fourth-order valence-corrected chi connectivity index (χ4v) is 3.05. The van der Waals surface area contributed by atoms with Crippen LogP contribution in [0.4, 0.5) is 0 Å². The molecule has 0 atom stereocenters. The molecule has 104 valence electrons. The zero-order valence-corrected chi connectivity index (χ0v) is 12.6. The monoisotopic (exact) mass is 293 g/mol. The highest BCUT2D eigenvalue weighted by atomic mass is 32.1. The van der Waals surface area contributed by atoms with E-state index >= 15 is 0 Å². The van der Waals surface area contributed by atoms with Crippen LogP contribution in [0.1, 0.15) is 20.9 Å². The molecule has 0 aliphatic carbocycles. The first-order chi connectivity index (χ1) is 10.2. The molecule has 0 saturated heterocycles. The highest BCUT2D eigenvalue weighted by molar-refractivity contribution is 7.10. The standard InChI is InChI=1S/C18H15NOS/c1-13-7-5-6-10-15(13)17(20)11-18-19-16(12-21-18)14-8-3-2-4-9-14/h2-10,12H,11H2,1H3. The molecular formula is C18H15NOS. The van der Waals surface area contributed by atoms with Gasteiger partial charge in [0.05, 0.1) is 12.1 Å². The Bertz CT molecular complexity index is 762. The lowest BCUT2D eigenvalue weighted by molar-refractivity contribution is 0.0992. The van der Waals surface area contributed by atoms with Gasteiger partial charge in [-0.25, -0.2) is 4.98 Å². The Balaban J connectivity index is 1.79. The highest BCUT2D eigenvalue weighted by Crippen LogP contribution is 2.22. The van der Waals surface area contributed by atoms with Crippen molar-refractivity contribution in [2.24, 2.45) is 0 Å². The van der Waals surface area contributed by atoms with E-state index in [2.05, 4.69) is 4.98 Å². The molecule has 0 unspecified atom stereocenters. The molecule has 0 bridgehead atoms. The van der Waals surface area contributed by atoms with Crippen molar-refractivity contribution in [2.45, 2.75) is 13.3 Å². The molecule has 0 radical (unpaired) electrons. The van der Waals surface area contributed by atoms with Gasteiger partial charge in [-0.05, 0) is 12.5 Å². The fraction of sp³-hybridized carbons (Fsp3) is 0.111. The summed E-state index contributed by atoms with van der Waals surface area (Å²) in [4.78, 5) is 16.9. The summed E-state index contributed by atoms with van der Waals surface area (Å²) >= 11 is 1.54. The number of hydrogen-bond donors (Lipinski definition) is 0. The number of Topliss-reactive ketones (excluding diaryl/α,β-unsaturated/α-hetero) is 1. The summed E-state index contributed by atoms with van der Waals surface area (Å²) in [7, 11) is 0. The molecule has 0 amide bonds. The van der Waals surface area contributed by atoms with Crippen molar-refractivity contribution >= 4 is 17.1 Å². The van der Waals surface area contributed by atoms with Gasteiger partial charge in [-0.2, -0.15) is 0 Å². The number of benzene rings is 2. The normalized spacial score (nSPS) is 10.5. The molecule has 0 spiro atoms. The van der Waals surface area contributed by atoms with Gasteiger partial charge in [0, 0.05) is 16.5 Å². The van der Waals surface area contributed by atoms with E-state index in [-0.39, 0.29) is 5.78 Å². The number of thiazole rings is 1. The number of nitrogens with zero attached hydrogens (tertiary/aromatic N) is 1. The van der Waals surface area contributed by atoms with Gasteiger partial charge >= 0.3 is 0 Å². The quantitative estimate of drug-likeness (QED) is 0.661. The first kappa shape index (κ1) is 13.7. The Morgan fingerprint density at radius 2 is 1.76 bits per heavy atom. The first-order valence-electron chi connectivity index (χ1n) is 6.82. The second-order valence-corrected chi connectivity index (χ2v) is 5.85. The van der Waals surface area contributed by atoms with Crippen molar-refractivity contribution in [1.29, 1.82) is 0 Å². The Kier molecular flexibility index (Phi) is 3.93. The van der Waals surface area contributed by atoms with Gasteiger partial charge in [0.25, 0.3) is 0 Å². The molecule has 2 nitrogen and oxygen atoms in total. The lowest BCUT2D eigenvalue weighted by atomic mass is 10.0. The molecule has 1 heterocycles. The highest BCUT2D eigenvalue weighted by Gasteiger charge is 2.12. The molecule has 0 aliphatic rings. The summed E-state index contributed by atoms with van der Waals surface area (Å²) in [5, 5.41) is 2.87. The van der Waals surface area contributed by atoms with Crippen LogP contribution in [0.3, 0.4) is 0 Å². The number of hydrogen-bond acceptors (Lipinski definition) is 3. The first-order valence-corrected chi connectivity index (χ1v) is 7.70. The molecule has 3 aromatic rings. The number of carbonyl (C=O) groups is 1. The maximum absolute atomic E-state index is 12.3. The fourth-order valence-electron chi connectivity index (χ4n) is 2.25. The summed E-state index contributed by atoms with van der Waals surface area (Å²) < 4.78 is 0. The van der Waals surface area contributed by atoms with E-state index in [0.29, 0.717) is 6.42 Å². The average Bonchev–Trinajstić information content (AvgIpc) is 2.97. The number of aromatic nitrogens is 1. The van der Waals surface area contributed by atoms with Gasteiger partial charge in [0.15, 0.2) is 5.78 Å². The third kappa shape index (κ3) is 3.09. The molecule has 0 aliphatic heterocycles. The molecule has 0 fully saturated rings. The van der Waals surface area contributed by atoms with Gasteiger partial charge in [-0.3, -0.25) is 4.79 Å². The second kappa shape index (κ2) is 6.02. The average molecular weight is 293 g/mol. The van der Waals surface area contributed by atoms with Crippen LogP contribution in [0.25, 0.3) is 11.3 Å². The van der Waals surface area contributed by atoms with E-state index in [1.54, 1.807) is 11.3 Å². The minimum Gasteiger partial charge on any atom is -0.294 e. The Hall–Kier alpha value is -2.26. The number of aryl methyl sites for hydroxylation is 1. The molecule has 1 aromatic heterocycles.